The van der Waals surface area contributed by atoms with Crippen molar-refractivity contribution in [1.29, 1.82) is 0 Å². The van der Waals surface area contributed by atoms with Gasteiger partial charge in [-0.05, 0) is 6.92 Å². The van der Waals surface area contributed by atoms with E-state index in [1.54, 1.807) is 0 Å². The molecule has 106 valence electrons. The topological polar surface area (TPSA) is 107 Å². The van der Waals surface area contributed by atoms with Crippen molar-refractivity contribution < 1.29 is 28.3 Å². The zero-order valence-corrected chi connectivity index (χ0v) is 9.82. The summed E-state index contributed by atoms with van der Waals surface area (Å²) in [7, 11) is 0. The van der Waals surface area contributed by atoms with Crippen molar-refractivity contribution in [2.75, 3.05) is 6.61 Å². The number of hydrogen-bond acceptors (Lipinski definition) is 5. The quantitative estimate of drug-likeness (QED) is 0.598. The van der Waals surface area contributed by atoms with E-state index >= 15 is 0 Å². The van der Waals surface area contributed by atoms with E-state index in [4.69, 9.17) is 5.11 Å². The van der Waals surface area contributed by atoms with Gasteiger partial charge >= 0.3 is 17.5 Å². The van der Waals surface area contributed by atoms with Gasteiger partial charge in [-0.2, -0.15) is 0 Å². The van der Waals surface area contributed by atoms with E-state index in [-0.39, 0.29) is 6.42 Å². The molecule has 0 aliphatic heterocycles. The van der Waals surface area contributed by atoms with Crippen LogP contribution in [0.25, 0.3) is 0 Å². The molecule has 1 rings (SSSR count). The maximum absolute atomic E-state index is 12.0. The smallest absolute Gasteiger partial charge is 0.350 e. The number of carboxylic acid groups (broad SMARTS) is 1. The van der Waals surface area contributed by atoms with E-state index in [2.05, 4.69) is 9.84 Å². The number of halogens is 2. The van der Waals surface area contributed by atoms with Crippen LogP contribution in [0.2, 0.25) is 0 Å². The molecule has 1 heterocycles. The maximum atomic E-state index is 12.0. The third kappa shape index (κ3) is 4.16. The number of hydrogen-bond donors (Lipinski definition) is 1. The highest BCUT2D eigenvalue weighted by Crippen LogP contribution is 2.27. The van der Waals surface area contributed by atoms with Crippen LogP contribution >= 0.6 is 0 Å². The second-order valence-electron chi connectivity index (χ2n) is 3.71. The lowest BCUT2D eigenvalue weighted by Gasteiger charge is -2.07. The van der Waals surface area contributed by atoms with Gasteiger partial charge in [0.2, 0.25) is 0 Å². The Morgan fingerprint density at radius 1 is 1.68 bits per heavy atom. The Labute approximate surface area is 105 Å². The van der Waals surface area contributed by atoms with Gasteiger partial charge in [0.25, 0.3) is 6.43 Å². The molecule has 0 radical (unpaired) electrons. The predicted octanol–water partition coefficient (Wildman–Crippen LogP) is 1.47. The Bertz CT molecular complexity index is 476. The molecule has 0 saturated carbocycles. The summed E-state index contributed by atoms with van der Waals surface area (Å²) in [4.78, 5) is 20.4. The maximum Gasteiger partial charge on any atom is 0.350 e. The second-order valence-corrected chi connectivity index (χ2v) is 3.71. The summed E-state index contributed by atoms with van der Waals surface area (Å²) < 4.78 is 29.5. The zero-order chi connectivity index (χ0) is 14.6. The first kappa shape index (κ1) is 14.8. The van der Waals surface area contributed by atoms with Crippen LogP contribution in [0, 0.1) is 10.1 Å². The molecule has 0 bridgehead atoms. The fourth-order valence-corrected chi connectivity index (χ4v) is 1.31. The Kier molecular flexibility index (Phi) is 4.73. The molecule has 0 aliphatic rings. The molecule has 0 saturated heterocycles. The van der Waals surface area contributed by atoms with Gasteiger partial charge in [-0.3, -0.25) is 19.6 Å². The summed E-state index contributed by atoms with van der Waals surface area (Å²) in [6, 6.07) is -0.667. The summed E-state index contributed by atoms with van der Waals surface area (Å²) in [5.41, 5.74) is -0.585. The molecule has 0 aliphatic carbocycles. The highest BCUT2D eigenvalue weighted by molar-refractivity contribution is 5.67. The van der Waals surface area contributed by atoms with E-state index in [9.17, 15) is 23.7 Å². The minimum Gasteiger partial charge on any atom is -0.481 e. The zero-order valence-electron chi connectivity index (χ0n) is 9.82. The van der Waals surface area contributed by atoms with Crippen molar-refractivity contribution in [3.05, 3.63) is 16.3 Å². The average molecular weight is 279 g/mol. The van der Waals surface area contributed by atoms with Crippen molar-refractivity contribution in [2.24, 2.45) is 0 Å². The van der Waals surface area contributed by atoms with Gasteiger partial charge in [-0.25, -0.2) is 8.78 Å². The van der Waals surface area contributed by atoms with Crippen molar-refractivity contribution in [2.45, 2.75) is 25.8 Å². The number of carbonyl (C=O) groups is 1. The Morgan fingerprint density at radius 3 is 2.79 bits per heavy atom. The molecule has 10 heteroatoms. The Hall–Kier alpha value is -2.26. The minimum absolute atomic E-state index is 0.312. The van der Waals surface area contributed by atoms with E-state index in [1.807, 2.05) is 0 Å². The highest BCUT2D eigenvalue weighted by Gasteiger charge is 2.24. The first-order valence-corrected chi connectivity index (χ1v) is 5.17. The Balaban J connectivity index is 2.93. The fraction of sp³-hybridized carbons (Fsp3) is 0.556. The van der Waals surface area contributed by atoms with Gasteiger partial charge < -0.3 is 9.84 Å². The molecule has 19 heavy (non-hydrogen) atoms. The van der Waals surface area contributed by atoms with Gasteiger partial charge in [0.05, 0.1) is 17.4 Å². The molecule has 1 aromatic heterocycles. The SMILES string of the molecule is C[C@H](CC(=O)O)n1cc([N+](=O)[O-])c(OCC(F)F)n1. The van der Waals surface area contributed by atoms with Crippen LogP contribution in [0.15, 0.2) is 6.20 Å². The summed E-state index contributed by atoms with van der Waals surface area (Å²) in [6.07, 6.45) is -2.15. The van der Waals surface area contributed by atoms with Crippen molar-refractivity contribution >= 4 is 11.7 Å². The number of ether oxygens (including phenoxy) is 1. The number of alkyl halides is 2. The molecule has 0 spiro atoms. The normalized spacial score (nSPS) is 12.4. The van der Waals surface area contributed by atoms with Crippen molar-refractivity contribution in [3.8, 4) is 5.88 Å². The number of nitrogens with zero attached hydrogens (tertiary/aromatic N) is 3. The van der Waals surface area contributed by atoms with Crippen LogP contribution in [-0.2, 0) is 4.79 Å². The molecule has 1 aromatic rings. The summed E-state index contributed by atoms with van der Waals surface area (Å²) in [6.45, 7) is 0.451. The first-order valence-electron chi connectivity index (χ1n) is 5.17. The molecule has 8 nitrogen and oxygen atoms in total. The van der Waals surface area contributed by atoms with Gasteiger partial charge in [0.1, 0.15) is 6.20 Å². The number of aromatic nitrogens is 2. The number of aliphatic carboxylic acids is 1. The van der Waals surface area contributed by atoms with E-state index in [0.29, 0.717) is 0 Å². The third-order valence-electron chi connectivity index (χ3n) is 2.14. The largest absolute Gasteiger partial charge is 0.481 e. The van der Waals surface area contributed by atoms with E-state index in [0.717, 1.165) is 10.9 Å². The molecular formula is C9H11F2N3O5. The monoisotopic (exact) mass is 279 g/mol. The standard InChI is InChI=1S/C9H11F2N3O5/c1-5(2-8(15)16)13-3-6(14(17)18)9(12-13)19-4-7(10)11/h3,5,7H,2,4H2,1H3,(H,15,16)/t5-/m1/s1. The highest BCUT2D eigenvalue weighted by atomic mass is 19.3. The summed E-state index contributed by atoms with van der Waals surface area (Å²) in [5.74, 6) is -1.66. The van der Waals surface area contributed by atoms with Gasteiger partial charge in [0, 0.05) is 0 Å². The van der Waals surface area contributed by atoms with Gasteiger partial charge in [-0.15, -0.1) is 5.10 Å². The number of carboxylic acids is 1. The van der Waals surface area contributed by atoms with Crippen LogP contribution in [0.1, 0.15) is 19.4 Å². The molecule has 0 fully saturated rings. The lowest BCUT2D eigenvalue weighted by Crippen LogP contribution is -2.12. The second kappa shape index (κ2) is 6.07. The molecule has 1 atom stereocenters. The number of rotatable bonds is 7. The Morgan fingerprint density at radius 2 is 2.32 bits per heavy atom. The van der Waals surface area contributed by atoms with Crippen LogP contribution in [-0.4, -0.2) is 38.8 Å². The van der Waals surface area contributed by atoms with Crippen molar-refractivity contribution in [1.82, 2.24) is 9.78 Å². The molecule has 1 N–H and O–H groups in total. The van der Waals surface area contributed by atoms with Gasteiger partial charge in [0.15, 0.2) is 6.61 Å². The molecule has 0 aromatic carbocycles. The van der Waals surface area contributed by atoms with Gasteiger partial charge in [-0.1, -0.05) is 0 Å². The van der Waals surface area contributed by atoms with Crippen molar-refractivity contribution in [3.63, 3.8) is 0 Å². The van der Waals surface area contributed by atoms with Crippen LogP contribution in [0.5, 0.6) is 5.88 Å². The fourth-order valence-electron chi connectivity index (χ4n) is 1.31. The summed E-state index contributed by atoms with van der Waals surface area (Å²) in [5, 5.41) is 22.9. The molecule has 0 amide bonds. The lowest BCUT2D eigenvalue weighted by molar-refractivity contribution is -0.386. The number of nitro groups is 1. The molecular weight excluding hydrogens is 268 g/mol. The first-order chi connectivity index (χ1) is 8.81. The van der Waals surface area contributed by atoms with E-state index in [1.165, 1.54) is 6.92 Å². The van der Waals surface area contributed by atoms with Crippen LogP contribution < -0.4 is 4.74 Å². The average Bonchev–Trinajstić information content (AvgIpc) is 2.69. The summed E-state index contributed by atoms with van der Waals surface area (Å²) >= 11 is 0. The molecule has 0 unspecified atom stereocenters. The lowest BCUT2D eigenvalue weighted by atomic mass is 10.2. The van der Waals surface area contributed by atoms with Crippen LogP contribution in [0.3, 0.4) is 0 Å². The van der Waals surface area contributed by atoms with Crippen LogP contribution in [0.4, 0.5) is 14.5 Å². The minimum atomic E-state index is -2.79. The van der Waals surface area contributed by atoms with E-state index < -0.39 is 41.5 Å². The third-order valence-corrected chi connectivity index (χ3v) is 2.14. The predicted molar refractivity (Wildman–Crippen MR) is 57.3 cm³/mol.